The highest BCUT2D eigenvalue weighted by Crippen LogP contribution is 2.24. The maximum atomic E-state index is 5.87. The fourth-order valence-corrected chi connectivity index (χ4v) is 1.24. The summed E-state index contributed by atoms with van der Waals surface area (Å²) in [7, 11) is 0. The molecule has 0 spiro atoms. The highest BCUT2D eigenvalue weighted by molar-refractivity contribution is 7.80. The van der Waals surface area contributed by atoms with Crippen LogP contribution in [0.5, 0.6) is 0 Å². The van der Waals surface area contributed by atoms with Crippen molar-refractivity contribution in [1.82, 2.24) is 0 Å². The lowest BCUT2D eigenvalue weighted by atomic mass is 10.3. The quantitative estimate of drug-likeness (QED) is 0.791. The van der Waals surface area contributed by atoms with Gasteiger partial charge in [0.05, 0.1) is 22.2 Å². The number of hydrogen-bond acceptors (Lipinski definition) is 2. The predicted molar refractivity (Wildman–Crippen MR) is 61.7 cm³/mol. The van der Waals surface area contributed by atoms with Crippen LogP contribution >= 0.6 is 35.4 Å². The van der Waals surface area contributed by atoms with Gasteiger partial charge in [0.1, 0.15) is 0 Å². The highest BCUT2D eigenvalue weighted by Gasteiger charge is 2.00. The van der Waals surface area contributed by atoms with Crippen molar-refractivity contribution >= 4 is 46.1 Å². The molecule has 0 saturated heterocycles. The number of halogens is 2. The van der Waals surface area contributed by atoms with E-state index < -0.39 is 0 Å². The molecular weight excluding hydrogens is 227 g/mol. The molecule has 1 aromatic rings. The Bertz CT molecular complexity index is 328. The van der Waals surface area contributed by atoms with Crippen molar-refractivity contribution < 1.29 is 0 Å². The van der Waals surface area contributed by atoms with Crippen LogP contribution in [0.4, 0.5) is 5.69 Å². The molecule has 13 heavy (non-hydrogen) atoms. The fourth-order valence-electron chi connectivity index (χ4n) is 0.815. The normalized spacial score (nSPS) is 9.69. The Morgan fingerprint density at radius 3 is 2.77 bits per heavy atom. The zero-order valence-corrected chi connectivity index (χ0v) is 9.01. The van der Waals surface area contributed by atoms with Crippen LogP contribution in [0.25, 0.3) is 0 Å². The van der Waals surface area contributed by atoms with Crippen LogP contribution in [0.2, 0.25) is 10.0 Å². The third kappa shape index (κ3) is 3.38. The van der Waals surface area contributed by atoms with Gasteiger partial charge in [-0.05, 0) is 18.2 Å². The van der Waals surface area contributed by atoms with Crippen molar-refractivity contribution in [2.75, 3.05) is 11.9 Å². The molecule has 5 heteroatoms. The molecule has 0 atom stereocenters. The summed E-state index contributed by atoms with van der Waals surface area (Å²) in [6, 6.07) is 5.16. The molecule has 0 saturated carbocycles. The monoisotopic (exact) mass is 234 g/mol. The van der Waals surface area contributed by atoms with Gasteiger partial charge in [0, 0.05) is 5.02 Å². The summed E-state index contributed by atoms with van der Waals surface area (Å²) in [6.45, 7) is 0.412. The number of hydrogen-bond donors (Lipinski definition) is 2. The van der Waals surface area contributed by atoms with Gasteiger partial charge in [-0.3, -0.25) is 0 Å². The van der Waals surface area contributed by atoms with E-state index in [0.29, 0.717) is 21.6 Å². The van der Waals surface area contributed by atoms with Gasteiger partial charge in [-0.25, -0.2) is 0 Å². The fraction of sp³-hybridized carbons (Fsp3) is 0.125. The molecule has 1 aromatic carbocycles. The van der Waals surface area contributed by atoms with Crippen LogP contribution in [0, 0.1) is 0 Å². The van der Waals surface area contributed by atoms with Crippen molar-refractivity contribution in [2.24, 2.45) is 5.73 Å². The minimum Gasteiger partial charge on any atom is -0.392 e. The van der Waals surface area contributed by atoms with Crippen LogP contribution < -0.4 is 11.1 Å². The van der Waals surface area contributed by atoms with Gasteiger partial charge in [0.2, 0.25) is 0 Å². The van der Waals surface area contributed by atoms with E-state index in [9.17, 15) is 0 Å². The lowest BCUT2D eigenvalue weighted by Gasteiger charge is -2.07. The van der Waals surface area contributed by atoms with E-state index in [-0.39, 0.29) is 0 Å². The van der Waals surface area contributed by atoms with E-state index >= 15 is 0 Å². The Balaban J connectivity index is 2.75. The molecule has 3 N–H and O–H groups in total. The summed E-state index contributed by atoms with van der Waals surface area (Å²) < 4.78 is 0. The zero-order chi connectivity index (χ0) is 9.84. The lowest BCUT2D eigenvalue weighted by molar-refractivity contribution is 1.38. The molecule has 2 nitrogen and oxygen atoms in total. The van der Waals surface area contributed by atoms with E-state index in [0.717, 1.165) is 5.69 Å². The minimum atomic E-state index is 0.385. The van der Waals surface area contributed by atoms with Gasteiger partial charge in [0.15, 0.2) is 0 Å². The molecule has 0 amide bonds. The van der Waals surface area contributed by atoms with Crippen LogP contribution in [0.3, 0.4) is 0 Å². The van der Waals surface area contributed by atoms with E-state index in [2.05, 4.69) is 5.32 Å². The Kier molecular flexibility index (Phi) is 3.78. The van der Waals surface area contributed by atoms with E-state index in [1.165, 1.54) is 0 Å². The van der Waals surface area contributed by atoms with Gasteiger partial charge >= 0.3 is 0 Å². The number of nitrogens with two attached hydrogens (primary N) is 1. The summed E-state index contributed by atoms with van der Waals surface area (Å²) in [5.41, 5.74) is 6.06. The number of thiocarbonyl (C=S) groups is 1. The first-order valence-corrected chi connectivity index (χ1v) is 4.73. The van der Waals surface area contributed by atoms with Crippen molar-refractivity contribution in [2.45, 2.75) is 0 Å². The second kappa shape index (κ2) is 4.65. The molecule has 0 aromatic heterocycles. The molecule has 0 aliphatic rings. The second-order valence-corrected chi connectivity index (χ2v) is 3.81. The van der Waals surface area contributed by atoms with Crippen molar-refractivity contribution in [3.8, 4) is 0 Å². The van der Waals surface area contributed by atoms with E-state index in [1.807, 2.05) is 0 Å². The van der Waals surface area contributed by atoms with Gasteiger partial charge < -0.3 is 11.1 Å². The maximum Gasteiger partial charge on any atom is 0.0921 e. The number of anilines is 1. The van der Waals surface area contributed by atoms with Gasteiger partial charge in [-0.2, -0.15) is 0 Å². The van der Waals surface area contributed by atoms with Crippen LogP contribution in [0.15, 0.2) is 18.2 Å². The molecule has 0 aliphatic carbocycles. The third-order valence-corrected chi connectivity index (χ3v) is 2.09. The SMILES string of the molecule is NC(=S)CNc1cc(Cl)ccc1Cl. The van der Waals surface area contributed by atoms with Crippen molar-refractivity contribution in [3.05, 3.63) is 28.2 Å². The molecule has 70 valence electrons. The molecular formula is C8H8Cl2N2S. The van der Waals surface area contributed by atoms with Gasteiger partial charge in [-0.15, -0.1) is 0 Å². The topological polar surface area (TPSA) is 38.0 Å². The van der Waals surface area contributed by atoms with Crippen LogP contribution in [-0.2, 0) is 0 Å². The summed E-state index contributed by atoms with van der Waals surface area (Å²) in [6.07, 6.45) is 0. The smallest absolute Gasteiger partial charge is 0.0921 e. The van der Waals surface area contributed by atoms with Crippen LogP contribution in [-0.4, -0.2) is 11.5 Å². The molecule has 0 radical (unpaired) electrons. The standard InChI is InChI=1S/C8H8Cl2N2S/c9-5-1-2-6(10)7(3-5)12-4-8(11)13/h1-3,12H,4H2,(H2,11,13). The Morgan fingerprint density at radius 2 is 2.15 bits per heavy atom. The Morgan fingerprint density at radius 1 is 1.46 bits per heavy atom. The number of rotatable bonds is 3. The maximum absolute atomic E-state index is 5.87. The average Bonchev–Trinajstić information content (AvgIpc) is 2.06. The summed E-state index contributed by atoms with van der Waals surface area (Å²) in [5.74, 6) is 0. The molecule has 0 aliphatic heterocycles. The second-order valence-electron chi connectivity index (χ2n) is 2.44. The minimum absolute atomic E-state index is 0.385. The molecule has 0 fully saturated rings. The average molecular weight is 235 g/mol. The largest absolute Gasteiger partial charge is 0.392 e. The van der Waals surface area contributed by atoms with Gasteiger partial charge in [0.25, 0.3) is 0 Å². The zero-order valence-electron chi connectivity index (χ0n) is 6.68. The first kappa shape index (κ1) is 10.6. The predicted octanol–water partition coefficient (Wildman–Crippen LogP) is 2.69. The summed E-state index contributed by atoms with van der Waals surface area (Å²) in [5, 5.41) is 4.19. The van der Waals surface area contributed by atoms with Crippen molar-refractivity contribution in [1.29, 1.82) is 0 Å². The van der Waals surface area contributed by atoms with Crippen molar-refractivity contribution in [3.63, 3.8) is 0 Å². The van der Waals surface area contributed by atoms with Gasteiger partial charge in [-0.1, -0.05) is 35.4 Å². The van der Waals surface area contributed by atoms with E-state index in [1.54, 1.807) is 18.2 Å². The number of benzene rings is 1. The Labute approximate surface area is 92.0 Å². The van der Waals surface area contributed by atoms with E-state index in [4.69, 9.17) is 41.2 Å². The summed E-state index contributed by atoms with van der Waals surface area (Å²) in [4.78, 5) is 0.385. The van der Waals surface area contributed by atoms with Crippen LogP contribution in [0.1, 0.15) is 0 Å². The number of nitrogens with one attached hydrogen (secondary N) is 1. The molecule has 0 unspecified atom stereocenters. The molecule has 0 bridgehead atoms. The summed E-state index contributed by atoms with van der Waals surface area (Å²) >= 11 is 16.4. The Hall–Kier alpha value is -0.510. The molecule has 0 heterocycles. The third-order valence-electron chi connectivity index (χ3n) is 1.38. The lowest BCUT2D eigenvalue weighted by Crippen LogP contribution is -2.19. The highest BCUT2D eigenvalue weighted by atomic mass is 35.5. The first-order valence-electron chi connectivity index (χ1n) is 3.57. The molecule has 1 rings (SSSR count). The first-order chi connectivity index (χ1) is 6.09.